The van der Waals surface area contributed by atoms with Gasteiger partial charge in [0.1, 0.15) is 0 Å². The van der Waals surface area contributed by atoms with Gasteiger partial charge in [-0.25, -0.2) is 0 Å². The van der Waals surface area contributed by atoms with Crippen LogP contribution in [0.4, 0.5) is 0 Å². The summed E-state index contributed by atoms with van der Waals surface area (Å²) < 4.78 is 5.12. The molecule has 2 N–H and O–H groups in total. The molecule has 1 unspecified atom stereocenters. The summed E-state index contributed by atoms with van der Waals surface area (Å²) >= 11 is 0. The molecule has 0 amide bonds. The van der Waals surface area contributed by atoms with Gasteiger partial charge in [-0.15, -0.1) is 0 Å². The molecule has 2 rings (SSSR count). The SMILES string of the molecule is COc1cc(CN(C)CC2CCCN2)ccc1O. The molecule has 0 spiro atoms. The molecule has 1 atom stereocenters. The minimum Gasteiger partial charge on any atom is -0.504 e. The van der Waals surface area contributed by atoms with E-state index in [1.54, 1.807) is 13.2 Å². The zero-order chi connectivity index (χ0) is 13.0. The van der Waals surface area contributed by atoms with E-state index < -0.39 is 0 Å². The van der Waals surface area contributed by atoms with Gasteiger partial charge in [-0.3, -0.25) is 0 Å². The molecule has 1 saturated heterocycles. The van der Waals surface area contributed by atoms with E-state index in [4.69, 9.17) is 4.74 Å². The highest BCUT2D eigenvalue weighted by molar-refractivity contribution is 5.41. The molecule has 0 bridgehead atoms. The van der Waals surface area contributed by atoms with Crippen molar-refractivity contribution in [3.63, 3.8) is 0 Å². The summed E-state index contributed by atoms with van der Waals surface area (Å²) in [6, 6.07) is 6.15. The first-order chi connectivity index (χ1) is 8.69. The minimum absolute atomic E-state index is 0.196. The molecule has 4 heteroatoms. The molecule has 18 heavy (non-hydrogen) atoms. The third-order valence-corrected chi connectivity index (χ3v) is 3.39. The first kappa shape index (κ1) is 13.2. The molecule has 1 aromatic rings. The van der Waals surface area contributed by atoms with Crippen LogP contribution in [0.1, 0.15) is 18.4 Å². The van der Waals surface area contributed by atoms with Crippen molar-refractivity contribution in [1.29, 1.82) is 0 Å². The van der Waals surface area contributed by atoms with Crippen molar-refractivity contribution in [2.75, 3.05) is 27.2 Å². The Kier molecular flexibility index (Phi) is 4.44. The van der Waals surface area contributed by atoms with E-state index in [0.717, 1.165) is 25.2 Å². The normalized spacial score (nSPS) is 19.4. The smallest absolute Gasteiger partial charge is 0.160 e. The van der Waals surface area contributed by atoms with Crippen LogP contribution in [0.2, 0.25) is 0 Å². The van der Waals surface area contributed by atoms with Gasteiger partial charge in [0.15, 0.2) is 11.5 Å². The number of aromatic hydroxyl groups is 1. The number of nitrogens with one attached hydrogen (secondary N) is 1. The summed E-state index contributed by atoms with van der Waals surface area (Å²) in [5.74, 6) is 0.737. The highest BCUT2D eigenvalue weighted by Crippen LogP contribution is 2.26. The van der Waals surface area contributed by atoms with Gasteiger partial charge >= 0.3 is 0 Å². The van der Waals surface area contributed by atoms with Crippen molar-refractivity contribution >= 4 is 0 Å². The maximum absolute atomic E-state index is 9.55. The fourth-order valence-corrected chi connectivity index (χ4v) is 2.49. The van der Waals surface area contributed by atoms with Crippen LogP contribution in [0.25, 0.3) is 0 Å². The Hall–Kier alpha value is -1.26. The molecule has 0 aliphatic carbocycles. The van der Waals surface area contributed by atoms with Crippen LogP contribution in [0.3, 0.4) is 0 Å². The molecular weight excluding hydrogens is 228 g/mol. The number of hydrogen-bond donors (Lipinski definition) is 2. The maximum atomic E-state index is 9.55. The van der Waals surface area contributed by atoms with Crippen molar-refractivity contribution < 1.29 is 9.84 Å². The van der Waals surface area contributed by atoms with Crippen molar-refractivity contribution in [3.05, 3.63) is 23.8 Å². The Morgan fingerprint density at radius 2 is 2.33 bits per heavy atom. The summed E-state index contributed by atoms with van der Waals surface area (Å²) in [5, 5.41) is 13.0. The zero-order valence-corrected chi connectivity index (χ0v) is 11.1. The van der Waals surface area contributed by atoms with E-state index >= 15 is 0 Å². The van der Waals surface area contributed by atoms with Gasteiger partial charge in [0.05, 0.1) is 7.11 Å². The third-order valence-electron chi connectivity index (χ3n) is 3.39. The second kappa shape index (κ2) is 6.07. The Balaban J connectivity index is 1.91. The average Bonchev–Trinajstić information content (AvgIpc) is 2.84. The van der Waals surface area contributed by atoms with Gasteiger partial charge in [-0.1, -0.05) is 6.07 Å². The minimum atomic E-state index is 0.196. The number of rotatable bonds is 5. The molecule has 1 aliphatic heterocycles. The summed E-state index contributed by atoms with van der Waals surface area (Å²) in [7, 11) is 3.70. The van der Waals surface area contributed by atoms with E-state index in [1.165, 1.54) is 12.8 Å². The summed E-state index contributed by atoms with van der Waals surface area (Å²) in [6.45, 7) is 3.07. The lowest BCUT2D eigenvalue weighted by atomic mass is 10.1. The highest BCUT2D eigenvalue weighted by Gasteiger charge is 2.16. The topological polar surface area (TPSA) is 44.7 Å². The predicted molar refractivity (Wildman–Crippen MR) is 72.0 cm³/mol. The summed E-state index contributed by atoms with van der Waals surface area (Å²) in [6.07, 6.45) is 2.55. The largest absolute Gasteiger partial charge is 0.504 e. The van der Waals surface area contributed by atoms with E-state index in [9.17, 15) is 5.11 Å². The molecule has 0 radical (unpaired) electrons. The Labute approximate surface area is 109 Å². The number of phenols is 1. The van der Waals surface area contributed by atoms with E-state index in [1.807, 2.05) is 12.1 Å². The number of phenolic OH excluding ortho intramolecular Hbond substituents is 1. The zero-order valence-electron chi connectivity index (χ0n) is 11.1. The monoisotopic (exact) mass is 250 g/mol. The first-order valence-corrected chi connectivity index (χ1v) is 6.47. The van der Waals surface area contributed by atoms with E-state index in [2.05, 4.69) is 17.3 Å². The van der Waals surface area contributed by atoms with Crippen LogP contribution in [-0.4, -0.2) is 43.3 Å². The van der Waals surface area contributed by atoms with Crippen LogP contribution in [0.15, 0.2) is 18.2 Å². The van der Waals surface area contributed by atoms with Crippen LogP contribution in [0, 0.1) is 0 Å². The lowest BCUT2D eigenvalue weighted by molar-refractivity contribution is 0.292. The number of ether oxygens (including phenoxy) is 1. The highest BCUT2D eigenvalue weighted by atomic mass is 16.5. The Morgan fingerprint density at radius 1 is 1.50 bits per heavy atom. The lowest BCUT2D eigenvalue weighted by Gasteiger charge is -2.21. The summed E-state index contributed by atoms with van der Waals surface area (Å²) in [4.78, 5) is 2.30. The molecule has 1 fully saturated rings. The molecule has 1 heterocycles. The van der Waals surface area contributed by atoms with Gasteiger partial charge in [0.2, 0.25) is 0 Å². The molecule has 4 nitrogen and oxygen atoms in total. The van der Waals surface area contributed by atoms with Gasteiger partial charge in [-0.05, 0) is 44.1 Å². The molecule has 100 valence electrons. The molecule has 1 aromatic carbocycles. The maximum Gasteiger partial charge on any atom is 0.160 e. The van der Waals surface area contributed by atoms with Crippen molar-refractivity contribution in [3.8, 4) is 11.5 Å². The fraction of sp³-hybridized carbons (Fsp3) is 0.571. The number of likely N-dealkylation sites (N-methyl/N-ethyl adjacent to an activating group) is 1. The van der Waals surface area contributed by atoms with E-state index in [-0.39, 0.29) is 5.75 Å². The van der Waals surface area contributed by atoms with Crippen molar-refractivity contribution in [1.82, 2.24) is 10.2 Å². The fourth-order valence-electron chi connectivity index (χ4n) is 2.49. The number of methoxy groups -OCH3 is 1. The van der Waals surface area contributed by atoms with Crippen LogP contribution < -0.4 is 10.1 Å². The average molecular weight is 250 g/mol. The third kappa shape index (κ3) is 3.37. The van der Waals surface area contributed by atoms with Gasteiger partial charge in [0.25, 0.3) is 0 Å². The van der Waals surface area contributed by atoms with Gasteiger partial charge in [-0.2, -0.15) is 0 Å². The van der Waals surface area contributed by atoms with Crippen molar-refractivity contribution in [2.45, 2.75) is 25.4 Å². The van der Waals surface area contributed by atoms with Gasteiger partial charge in [0, 0.05) is 19.1 Å². The standard InChI is InChI=1S/C14H22N2O2/c1-16(10-12-4-3-7-15-12)9-11-5-6-13(17)14(8-11)18-2/h5-6,8,12,15,17H,3-4,7,9-10H2,1-2H3. The molecule has 1 aliphatic rings. The Bertz CT molecular complexity index is 389. The second-order valence-corrected chi connectivity index (χ2v) is 5.00. The number of benzene rings is 1. The number of hydrogen-bond acceptors (Lipinski definition) is 4. The molecule has 0 aromatic heterocycles. The number of nitrogens with zero attached hydrogens (tertiary/aromatic N) is 1. The van der Waals surface area contributed by atoms with Gasteiger partial charge < -0.3 is 20.1 Å². The molecular formula is C14H22N2O2. The second-order valence-electron chi connectivity index (χ2n) is 5.00. The van der Waals surface area contributed by atoms with Crippen LogP contribution >= 0.6 is 0 Å². The van der Waals surface area contributed by atoms with Crippen molar-refractivity contribution in [2.24, 2.45) is 0 Å². The van der Waals surface area contributed by atoms with Crippen LogP contribution in [-0.2, 0) is 6.54 Å². The van der Waals surface area contributed by atoms with Crippen LogP contribution in [0.5, 0.6) is 11.5 Å². The first-order valence-electron chi connectivity index (χ1n) is 6.47. The molecule has 0 saturated carbocycles. The lowest BCUT2D eigenvalue weighted by Crippen LogP contribution is -2.34. The summed E-state index contributed by atoms with van der Waals surface area (Å²) in [5.41, 5.74) is 1.16. The Morgan fingerprint density at radius 3 is 3.00 bits per heavy atom. The predicted octanol–water partition coefficient (Wildman–Crippen LogP) is 1.58. The quantitative estimate of drug-likeness (QED) is 0.833. The van der Waals surface area contributed by atoms with E-state index in [0.29, 0.717) is 11.8 Å².